The number of benzene rings is 3. The van der Waals surface area contributed by atoms with E-state index in [9.17, 15) is 26.7 Å². The van der Waals surface area contributed by atoms with Gasteiger partial charge in [0.15, 0.2) is 11.6 Å². The molecule has 0 amide bonds. The quantitative estimate of drug-likeness (QED) is 0.282. The lowest BCUT2D eigenvalue weighted by atomic mass is 10.1. The number of anilines is 1. The van der Waals surface area contributed by atoms with E-state index in [2.05, 4.69) is 10.4 Å². The van der Waals surface area contributed by atoms with Crippen molar-refractivity contribution in [2.24, 2.45) is 0 Å². The maximum Gasteiger partial charge on any atom is 0.416 e. The zero-order valence-electron chi connectivity index (χ0n) is 17.6. The van der Waals surface area contributed by atoms with E-state index in [1.807, 2.05) is 0 Å². The van der Waals surface area contributed by atoms with Gasteiger partial charge in [0.25, 0.3) is 0 Å². The smallest absolute Gasteiger partial charge is 0.416 e. The van der Waals surface area contributed by atoms with E-state index in [-0.39, 0.29) is 34.1 Å². The molecule has 4 aromatic rings. The molecule has 5 nitrogen and oxygen atoms in total. The lowest BCUT2D eigenvalue weighted by Gasteiger charge is -2.12. The first-order chi connectivity index (χ1) is 16.5. The van der Waals surface area contributed by atoms with E-state index in [1.165, 1.54) is 41.1 Å². The van der Waals surface area contributed by atoms with Crippen molar-refractivity contribution >= 4 is 23.3 Å². The zero-order valence-corrected chi connectivity index (χ0v) is 18.3. The summed E-state index contributed by atoms with van der Waals surface area (Å²) in [4.78, 5) is 11.1. The number of carboxylic acids is 1. The molecule has 0 saturated heterocycles. The number of rotatable bonds is 6. The second kappa shape index (κ2) is 9.38. The second-order valence-corrected chi connectivity index (χ2v) is 7.94. The topological polar surface area (TPSA) is 67.2 Å². The largest absolute Gasteiger partial charge is 0.478 e. The first-order valence-electron chi connectivity index (χ1n) is 10.0. The van der Waals surface area contributed by atoms with Crippen LogP contribution >= 0.6 is 11.6 Å². The van der Waals surface area contributed by atoms with Gasteiger partial charge in [-0.3, -0.25) is 0 Å². The molecule has 0 aliphatic rings. The Hall–Kier alpha value is -3.92. The first kappa shape index (κ1) is 24.2. The molecule has 180 valence electrons. The van der Waals surface area contributed by atoms with Crippen molar-refractivity contribution in [2.75, 3.05) is 5.32 Å². The summed E-state index contributed by atoms with van der Waals surface area (Å²) in [5.41, 5.74) is 0.645. The summed E-state index contributed by atoms with van der Waals surface area (Å²) in [6.07, 6.45) is -3.04. The molecule has 0 unspecified atom stereocenters. The minimum Gasteiger partial charge on any atom is -0.478 e. The Balaban J connectivity index is 1.71. The van der Waals surface area contributed by atoms with Gasteiger partial charge in [0.05, 0.1) is 22.5 Å². The van der Waals surface area contributed by atoms with Gasteiger partial charge in [0.1, 0.15) is 0 Å². The molecule has 0 bridgehead atoms. The van der Waals surface area contributed by atoms with Crippen molar-refractivity contribution in [3.8, 4) is 16.9 Å². The monoisotopic (exact) mass is 507 g/mol. The van der Waals surface area contributed by atoms with Gasteiger partial charge in [-0.15, -0.1) is 0 Å². The van der Waals surface area contributed by atoms with Crippen molar-refractivity contribution in [3.63, 3.8) is 0 Å². The Morgan fingerprint density at radius 2 is 1.71 bits per heavy atom. The first-order valence-corrected chi connectivity index (χ1v) is 10.4. The average Bonchev–Trinajstić information content (AvgIpc) is 3.23. The molecule has 0 atom stereocenters. The fourth-order valence-electron chi connectivity index (χ4n) is 3.37. The van der Waals surface area contributed by atoms with Crippen LogP contribution in [0.3, 0.4) is 0 Å². The Bertz CT molecular complexity index is 1400. The molecule has 0 saturated carbocycles. The number of nitrogens with one attached hydrogen (secondary N) is 1. The highest BCUT2D eigenvalue weighted by molar-refractivity contribution is 6.30. The third kappa shape index (κ3) is 5.43. The van der Waals surface area contributed by atoms with Crippen LogP contribution < -0.4 is 5.32 Å². The number of nitrogens with zero attached hydrogens (tertiary/aromatic N) is 2. The van der Waals surface area contributed by atoms with Gasteiger partial charge in [0, 0.05) is 34.6 Å². The van der Waals surface area contributed by atoms with E-state index in [0.717, 1.165) is 24.3 Å². The van der Waals surface area contributed by atoms with E-state index >= 15 is 0 Å². The fraction of sp³-hybridized carbons (Fsp3) is 0.0833. The molecular formula is C24H15ClF5N3O2. The summed E-state index contributed by atoms with van der Waals surface area (Å²) < 4.78 is 68.2. The fourth-order valence-corrected chi connectivity index (χ4v) is 3.60. The normalized spacial score (nSPS) is 11.5. The van der Waals surface area contributed by atoms with E-state index < -0.39 is 29.3 Å². The number of aromatic carboxylic acids is 1. The maximum absolute atomic E-state index is 13.9. The predicted octanol–water partition coefficient (Wildman–Crippen LogP) is 6.80. The van der Waals surface area contributed by atoms with Gasteiger partial charge in [-0.25, -0.2) is 18.3 Å². The average molecular weight is 508 g/mol. The van der Waals surface area contributed by atoms with Gasteiger partial charge in [-0.05, 0) is 60.7 Å². The number of halogens is 6. The Labute approximate surface area is 200 Å². The van der Waals surface area contributed by atoms with Crippen LogP contribution in [-0.2, 0) is 12.7 Å². The van der Waals surface area contributed by atoms with Crippen molar-refractivity contribution < 1.29 is 31.9 Å². The molecule has 4 rings (SSSR count). The highest BCUT2D eigenvalue weighted by atomic mass is 35.5. The minimum atomic E-state index is -4.59. The minimum absolute atomic E-state index is 0.0286. The molecule has 0 radical (unpaired) electrons. The highest BCUT2D eigenvalue weighted by Gasteiger charge is 2.31. The number of carbonyl (C=O) groups is 1. The van der Waals surface area contributed by atoms with E-state index in [4.69, 9.17) is 16.7 Å². The number of carboxylic acid groups (broad SMARTS) is 1. The Morgan fingerprint density at radius 1 is 1.00 bits per heavy atom. The summed E-state index contributed by atoms with van der Waals surface area (Å²) in [6, 6.07) is 12.0. The summed E-state index contributed by atoms with van der Waals surface area (Å²) in [7, 11) is 0. The third-order valence-corrected chi connectivity index (χ3v) is 5.29. The van der Waals surface area contributed by atoms with Crippen LogP contribution in [0.2, 0.25) is 5.02 Å². The molecule has 0 fully saturated rings. The molecule has 3 aromatic carbocycles. The van der Waals surface area contributed by atoms with Crippen LogP contribution in [0.25, 0.3) is 16.9 Å². The van der Waals surface area contributed by atoms with Crippen LogP contribution in [0.1, 0.15) is 21.5 Å². The van der Waals surface area contributed by atoms with Crippen molar-refractivity contribution in [2.45, 2.75) is 12.7 Å². The van der Waals surface area contributed by atoms with Crippen LogP contribution in [0.5, 0.6) is 0 Å². The van der Waals surface area contributed by atoms with Crippen LogP contribution in [-0.4, -0.2) is 20.9 Å². The summed E-state index contributed by atoms with van der Waals surface area (Å²) in [5, 5.41) is 16.2. The molecule has 1 heterocycles. The van der Waals surface area contributed by atoms with Gasteiger partial charge >= 0.3 is 12.1 Å². The Kier molecular flexibility index (Phi) is 6.49. The lowest BCUT2D eigenvalue weighted by Crippen LogP contribution is -2.07. The van der Waals surface area contributed by atoms with Gasteiger partial charge in [-0.1, -0.05) is 11.6 Å². The van der Waals surface area contributed by atoms with Gasteiger partial charge in [0.2, 0.25) is 0 Å². The summed E-state index contributed by atoms with van der Waals surface area (Å²) >= 11 is 5.84. The zero-order chi connectivity index (χ0) is 25.3. The van der Waals surface area contributed by atoms with Crippen molar-refractivity contribution in [1.82, 2.24) is 9.78 Å². The maximum atomic E-state index is 13.9. The van der Waals surface area contributed by atoms with Gasteiger partial charge in [-0.2, -0.15) is 18.3 Å². The molecule has 0 spiro atoms. The van der Waals surface area contributed by atoms with E-state index in [1.54, 1.807) is 6.20 Å². The Morgan fingerprint density at radius 3 is 2.34 bits per heavy atom. The molecule has 35 heavy (non-hydrogen) atoms. The molecule has 11 heteroatoms. The number of aromatic nitrogens is 2. The standard InChI is InChI=1S/C24H15ClF5N3O2/c25-17-8-16(24(28,29)30)9-18(10-17)31-11-15-12-33(19-4-1-13(2-5-19)23(34)35)32-22(15)14-3-6-20(26)21(27)7-14/h1-10,12,31H,11H2,(H,34,35). The molecule has 0 aliphatic carbocycles. The summed E-state index contributed by atoms with van der Waals surface area (Å²) in [6.45, 7) is -0.0286. The number of hydrogen-bond donors (Lipinski definition) is 2. The molecule has 0 aliphatic heterocycles. The predicted molar refractivity (Wildman–Crippen MR) is 120 cm³/mol. The number of alkyl halides is 3. The van der Waals surface area contributed by atoms with Crippen molar-refractivity contribution in [3.05, 3.63) is 100 Å². The second-order valence-electron chi connectivity index (χ2n) is 7.51. The molecular weight excluding hydrogens is 493 g/mol. The van der Waals surface area contributed by atoms with Crippen molar-refractivity contribution in [1.29, 1.82) is 0 Å². The van der Waals surface area contributed by atoms with Crippen LogP contribution in [0, 0.1) is 11.6 Å². The van der Waals surface area contributed by atoms with E-state index in [0.29, 0.717) is 11.3 Å². The number of hydrogen-bond acceptors (Lipinski definition) is 3. The summed E-state index contributed by atoms with van der Waals surface area (Å²) in [5.74, 6) is -3.24. The third-order valence-electron chi connectivity index (χ3n) is 5.07. The SMILES string of the molecule is O=C(O)c1ccc(-n2cc(CNc3cc(Cl)cc(C(F)(F)F)c3)c(-c3ccc(F)c(F)c3)n2)cc1. The lowest BCUT2D eigenvalue weighted by molar-refractivity contribution is -0.137. The van der Waals surface area contributed by atoms with Crippen LogP contribution in [0.4, 0.5) is 27.6 Å². The highest BCUT2D eigenvalue weighted by Crippen LogP contribution is 2.34. The van der Waals surface area contributed by atoms with Gasteiger partial charge < -0.3 is 10.4 Å². The molecule has 2 N–H and O–H groups in total. The molecule has 1 aromatic heterocycles. The van der Waals surface area contributed by atoms with Crippen LogP contribution in [0.15, 0.2) is 66.9 Å².